The molecule has 0 heterocycles. The lowest BCUT2D eigenvalue weighted by molar-refractivity contribution is -0.162. The third kappa shape index (κ3) is 11.2. The Kier molecular flexibility index (Phi) is 13.5. The van der Waals surface area contributed by atoms with Crippen LogP contribution >= 0.6 is 0 Å². The quantitative estimate of drug-likeness (QED) is 0.287. The minimum Gasteiger partial charge on any atom is -0.352 e. The highest BCUT2D eigenvalue weighted by Crippen LogP contribution is 2.17. The summed E-state index contributed by atoms with van der Waals surface area (Å²) in [5, 5.41) is 0. The third-order valence-corrected chi connectivity index (χ3v) is 4.65. The van der Waals surface area contributed by atoms with Crippen molar-refractivity contribution < 1.29 is 9.47 Å². The van der Waals surface area contributed by atoms with Crippen LogP contribution in [0.5, 0.6) is 0 Å². The van der Waals surface area contributed by atoms with Crippen LogP contribution in [0.2, 0.25) is 0 Å². The highest BCUT2D eigenvalue weighted by molar-refractivity contribution is 4.58. The van der Waals surface area contributed by atoms with Crippen molar-refractivity contribution in [3.05, 3.63) is 0 Å². The Morgan fingerprint density at radius 3 is 1.90 bits per heavy atom. The van der Waals surface area contributed by atoms with Crippen molar-refractivity contribution in [1.82, 2.24) is 0 Å². The lowest BCUT2D eigenvalue weighted by atomic mass is 9.99. The zero-order chi connectivity index (χ0) is 16.1. The van der Waals surface area contributed by atoms with Crippen LogP contribution in [0, 0.1) is 17.8 Å². The van der Waals surface area contributed by atoms with Crippen molar-refractivity contribution in [2.24, 2.45) is 17.8 Å². The molecule has 0 fully saturated rings. The molecule has 0 aliphatic carbocycles. The van der Waals surface area contributed by atoms with E-state index in [2.05, 4.69) is 41.5 Å². The molecule has 0 aliphatic rings. The monoisotopic (exact) mass is 300 g/mol. The van der Waals surface area contributed by atoms with E-state index in [9.17, 15) is 0 Å². The maximum Gasteiger partial charge on any atom is 0.157 e. The van der Waals surface area contributed by atoms with Crippen LogP contribution in [0.3, 0.4) is 0 Å². The predicted molar refractivity (Wildman–Crippen MR) is 92.5 cm³/mol. The van der Waals surface area contributed by atoms with Gasteiger partial charge in [-0.3, -0.25) is 0 Å². The van der Waals surface area contributed by atoms with Crippen LogP contribution < -0.4 is 0 Å². The molecular weight excluding hydrogens is 260 g/mol. The van der Waals surface area contributed by atoms with Gasteiger partial charge < -0.3 is 9.47 Å². The first-order chi connectivity index (χ1) is 10.0. The van der Waals surface area contributed by atoms with Gasteiger partial charge in [-0.05, 0) is 30.6 Å². The van der Waals surface area contributed by atoms with Gasteiger partial charge in [-0.25, -0.2) is 0 Å². The molecule has 2 nitrogen and oxygen atoms in total. The van der Waals surface area contributed by atoms with E-state index >= 15 is 0 Å². The van der Waals surface area contributed by atoms with E-state index in [1.807, 2.05) is 0 Å². The first kappa shape index (κ1) is 20.9. The molecule has 0 spiro atoms. The van der Waals surface area contributed by atoms with Crippen molar-refractivity contribution in [2.45, 2.75) is 92.8 Å². The summed E-state index contributed by atoms with van der Waals surface area (Å²) in [6.45, 7) is 15.2. The van der Waals surface area contributed by atoms with Crippen LogP contribution in [0.1, 0.15) is 86.5 Å². The zero-order valence-electron chi connectivity index (χ0n) is 15.5. The molecule has 2 unspecified atom stereocenters. The van der Waals surface area contributed by atoms with Gasteiger partial charge in [-0.2, -0.15) is 0 Å². The smallest absolute Gasteiger partial charge is 0.157 e. The van der Waals surface area contributed by atoms with Gasteiger partial charge in [0, 0.05) is 0 Å². The summed E-state index contributed by atoms with van der Waals surface area (Å²) >= 11 is 0. The fourth-order valence-electron chi connectivity index (χ4n) is 2.17. The lowest BCUT2D eigenvalue weighted by Crippen LogP contribution is -2.24. The second-order valence-corrected chi connectivity index (χ2v) is 6.85. The van der Waals surface area contributed by atoms with Crippen molar-refractivity contribution in [1.29, 1.82) is 0 Å². The molecule has 2 heteroatoms. The van der Waals surface area contributed by atoms with Crippen LogP contribution in [-0.2, 0) is 9.47 Å². The Balaban J connectivity index is 4.13. The molecule has 0 saturated carbocycles. The zero-order valence-corrected chi connectivity index (χ0v) is 15.5. The molecule has 0 aromatic rings. The minimum absolute atomic E-state index is 0.00339. The van der Waals surface area contributed by atoms with E-state index in [0.717, 1.165) is 19.6 Å². The topological polar surface area (TPSA) is 18.5 Å². The summed E-state index contributed by atoms with van der Waals surface area (Å²) < 4.78 is 12.1. The molecule has 0 saturated heterocycles. The molecule has 0 aromatic carbocycles. The van der Waals surface area contributed by atoms with Gasteiger partial charge in [-0.1, -0.05) is 73.6 Å². The van der Waals surface area contributed by atoms with Gasteiger partial charge in [0.25, 0.3) is 0 Å². The molecule has 0 aliphatic heterocycles. The van der Waals surface area contributed by atoms with Crippen LogP contribution in [0.25, 0.3) is 0 Å². The second-order valence-electron chi connectivity index (χ2n) is 6.85. The van der Waals surface area contributed by atoms with Crippen LogP contribution in [0.15, 0.2) is 0 Å². The SMILES string of the molecule is CCCCCCC(OCC(CC)CC)OCC(C)C(C)C. The number of hydrogen-bond acceptors (Lipinski definition) is 2. The Morgan fingerprint density at radius 1 is 0.762 bits per heavy atom. The van der Waals surface area contributed by atoms with Crippen molar-refractivity contribution in [3.63, 3.8) is 0 Å². The standard InChI is InChI=1S/C19H40O2/c1-7-10-11-12-13-19(20-14-17(6)16(4)5)21-15-18(8-2)9-3/h16-19H,7-15H2,1-6H3. The van der Waals surface area contributed by atoms with Crippen molar-refractivity contribution in [3.8, 4) is 0 Å². The van der Waals surface area contributed by atoms with E-state index in [1.54, 1.807) is 0 Å². The van der Waals surface area contributed by atoms with E-state index in [0.29, 0.717) is 17.8 Å². The van der Waals surface area contributed by atoms with Gasteiger partial charge in [0.2, 0.25) is 0 Å². The summed E-state index contributed by atoms with van der Waals surface area (Å²) in [5.74, 6) is 1.94. The third-order valence-electron chi connectivity index (χ3n) is 4.65. The van der Waals surface area contributed by atoms with E-state index < -0.39 is 0 Å². The highest BCUT2D eigenvalue weighted by atomic mass is 16.7. The molecule has 0 N–H and O–H groups in total. The second kappa shape index (κ2) is 13.6. The fraction of sp³-hybridized carbons (Fsp3) is 1.00. The summed E-state index contributed by atoms with van der Waals surface area (Å²) in [4.78, 5) is 0. The molecule has 21 heavy (non-hydrogen) atoms. The summed E-state index contributed by atoms with van der Waals surface area (Å²) in [5.41, 5.74) is 0. The Bertz CT molecular complexity index is 206. The molecule has 0 radical (unpaired) electrons. The fourth-order valence-corrected chi connectivity index (χ4v) is 2.17. The Hall–Kier alpha value is -0.0800. The van der Waals surface area contributed by atoms with Crippen molar-refractivity contribution in [2.75, 3.05) is 13.2 Å². The predicted octanol–water partition coefficient (Wildman–Crippen LogP) is 6.04. The molecule has 0 aromatic heterocycles. The average molecular weight is 301 g/mol. The van der Waals surface area contributed by atoms with Crippen molar-refractivity contribution >= 4 is 0 Å². The van der Waals surface area contributed by atoms with Crippen LogP contribution in [0.4, 0.5) is 0 Å². The van der Waals surface area contributed by atoms with Gasteiger partial charge in [0.05, 0.1) is 13.2 Å². The van der Waals surface area contributed by atoms with E-state index in [1.165, 1.54) is 38.5 Å². The highest BCUT2D eigenvalue weighted by Gasteiger charge is 2.15. The maximum absolute atomic E-state index is 6.07. The number of unbranched alkanes of at least 4 members (excludes halogenated alkanes) is 3. The maximum atomic E-state index is 6.07. The first-order valence-corrected chi connectivity index (χ1v) is 9.28. The molecule has 0 amide bonds. The minimum atomic E-state index is 0.00339. The number of hydrogen-bond donors (Lipinski definition) is 0. The largest absolute Gasteiger partial charge is 0.352 e. The van der Waals surface area contributed by atoms with E-state index in [4.69, 9.17) is 9.47 Å². The average Bonchev–Trinajstić information content (AvgIpc) is 2.48. The van der Waals surface area contributed by atoms with Gasteiger partial charge >= 0.3 is 0 Å². The number of rotatable bonds is 14. The lowest BCUT2D eigenvalue weighted by Gasteiger charge is -2.24. The molecule has 0 rings (SSSR count). The van der Waals surface area contributed by atoms with Crippen LogP contribution in [-0.4, -0.2) is 19.5 Å². The summed E-state index contributed by atoms with van der Waals surface area (Å²) in [7, 11) is 0. The summed E-state index contributed by atoms with van der Waals surface area (Å²) in [6, 6.07) is 0. The number of ether oxygens (including phenoxy) is 2. The van der Waals surface area contributed by atoms with Gasteiger partial charge in [0.1, 0.15) is 0 Å². The Morgan fingerprint density at radius 2 is 1.38 bits per heavy atom. The Labute approximate surface area is 134 Å². The normalized spacial score (nSPS) is 14.9. The molecular formula is C19H40O2. The molecule has 128 valence electrons. The van der Waals surface area contributed by atoms with E-state index in [-0.39, 0.29) is 6.29 Å². The summed E-state index contributed by atoms with van der Waals surface area (Å²) in [6.07, 6.45) is 8.56. The molecule has 2 atom stereocenters. The van der Waals surface area contributed by atoms with Gasteiger partial charge in [-0.15, -0.1) is 0 Å². The first-order valence-electron chi connectivity index (χ1n) is 9.28. The van der Waals surface area contributed by atoms with Gasteiger partial charge in [0.15, 0.2) is 6.29 Å². The molecule has 0 bridgehead atoms.